The molecule has 0 aliphatic heterocycles. The topological polar surface area (TPSA) is 29.1 Å². The molecule has 0 radical (unpaired) electrons. The molecule has 1 saturated carbocycles. The quantitative estimate of drug-likeness (QED) is 0.875. The lowest BCUT2D eigenvalue weighted by atomic mass is 9.79. The standard InChI is InChI=1S/C18H20FNOS/c19-15-7-5-14(6-8-15)12-18(9-1-2-10-18)17(21)20-13-16-4-3-11-22-16/h3-8,11H,1-2,9-10,12-13H2,(H,20,21). The molecule has 1 aliphatic rings. The van der Waals surface area contributed by atoms with Gasteiger partial charge in [-0.3, -0.25) is 4.79 Å². The Kier molecular flexibility index (Phi) is 4.57. The highest BCUT2D eigenvalue weighted by molar-refractivity contribution is 7.09. The number of halogens is 1. The van der Waals surface area contributed by atoms with Gasteiger partial charge in [-0.05, 0) is 48.4 Å². The molecule has 22 heavy (non-hydrogen) atoms. The predicted molar refractivity (Wildman–Crippen MR) is 87.2 cm³/mol. The minimum absolute atomic E-state index is 0.141. The molecule has 1 amide bonds. The third-order valence-corrected chi connectivity index (χ3v) is 5.38. The molecule has 0 saturated heterocycles. The molecule has 3 rings (SSSR count). The Morgan fingerprint density at radius 1 is 1.18 bits per heavy atom. The van der Waals surface area contributed by atoms with Gasteiger partial charge >= 0.3 is 0 Å². The molecule has 2 aromatic rings. The fraction of sp³-hybridized carbons (Fsp3) is 0.389. The molecule has 4 heteroatoms. The number of carbonyl (C=O) groups is 1. The minimum Gasteiger partial charge on any atom is -0.351 e. The van der Waals surface area contributed by atoms with Crippen LogP contribution in [-0.2, 0) is 17.8 Å². The fourth-order valence-electron chi connectivity index (χ4n) is 3.30. The van der Waals surface area contributed by atoms with Gasteiger partial charge in [0.1, 0.15) is 5.82 Å². The van der Waals surface area contributed by atoms with Crippen LogP contribution in [0.1, 0.15) is 36.1 Å². The first-order valence-corrected chi connectivity index (χ1v) is 8.61. The number of hydrogen-bond donors (Lipinski definition) is 1. The summed E-state index contributed by atoms with van der Waals surface area (Å²) in [7, 11) is 0. The van der Waals surface area contributed by atoms with E-state index in [1.807, 2.05) is 17.5 Å². The van der Waals surface area contributed by atoms with Gasteiger partial charge in [-0.15, -0.1) is 11.3 Å². The molecule has 0 atom stereocenters. The maximum atomic E-state index is 13.1. The van der Waals surface area contributed by atoms with Crippen molar-refractivity contribution in [3.8, 4) is 0 Å². The first kappa shape index (κ1) is 15.2. The average Bonchev–Trinajstić information content (AvgIpc) is 3.19. The van der Waals surface area contributed by atoms with Gasteiger partial charge in [0.2, 0.25) is 5.91 Å². The number of hydrogen-bond acceptors (Lipinski definition) is 2. The predicted octanol–water partition coefficient (Wildman–Crippen LogP) is 4.31. The van der Waals surface area contributed by atoms with E-state index in [-0.39, 0.29) is 17.1 Å². The van der Waals surface area contributed by atoms with E-state index in [0.29, 0.717) is 13.0 Å². The van der Waals surface area contributed by atoms with Crippen molar-refractivity contribution in [2.45, 2.75) is 38.6 Å². The SMILES string of the molecule is O=C(NCc1cccs1)C1(Cc2ccc(F)cc2)CCCC1. The van der Waals surface area contributed by atoms with Crippen LogP contribution < -0.4 is 5.32 Å². The van der Waals surface area contributed by atoms with E-state index in [9.17, 15) is 9.18 Å². The van der Waals surface area contributed by atoms with Crippen molar-refractivity contribution in [3.05, 3.63) is 58.0 Å². The Balaban J connectivity index is 1.70. The van der Waals surface area contributed by atoms with Crippen molar-refractivity contribution in [2.24, 2.45) is 5.41 Å². The summed E-state index contributed by atoms with van der Waals surface area (Å²) in [5, 5.41) is 5.12. The molecule has 0 unspecified atom stereocenters. The highest BCUT2D eigenvalue weighted by atomic mass is 32.1. The molecular weight excluding hydrogens is 297 g/mol. The van der Waals surface area contributed by atoms with Gasteiger partial charge in [0.15, 0.2) is 0 Å². The molecule has 1 aromatic carbocycles. The zero-order valence-electron chi connectivity index (χ0n) is 12.5. The summed E-state index contributed by atoms with van der Waals surface area (Å²) in [5.74, 6) is -0.0888. The number of nitrogens with one attached hydrogen (secondary N) is 1. The summed E-state index contributed by atoms with van der Waals surface area (Å²) in [6.07, 6.45) is 4.71. The first-order valence-electron chi connectivity index (χ1n) is 7.73. The Labute approximate surface area is 134 Å². The molecule has 0 bridgehead atoms. The Morgan fingerprint density at radius 2 is 1.91 bits per heavy atom. The highest BCUT2D eigenvalue weighted by Gasteiger charge is 2.40. The number of amides is 1. The largest absolute Gasteiger partial charge is 0.351 e. The number of thiophene rings is 1. The third kappa shape index (κ3) is 3.38. The van der Waals surface area contributed by atoms with Crippen molar-refractivity contribution in [1.29, 1.82) is 0 Å². The lowest BCUT2D eigenvalue weighted by Gasteiger charge is -2.28. The lowest BCUT2D eigenvalue weighted by Crippen LogP contribution is -2.40. The lowest BCUT2D eigenvalue weighted by molar-refractivity contribution is -0.131. The number of rotatable bonds is 5. The summed E-state index contributed by atoms with van der Waals surface area (Å²) >= 11 is 1.66. The number of benzene rings is 1. The van der Waals surface area contributed by atoms with Crippen LogP contribution in [-0.4, -0.2) is 5.91 Å². The van der Waals surface area contributed by atoms with Crippen LogP contribution in [0.4, 0.5) is 4.39 Å². The third-order valence-electron chi connectivity index (χ3n) is 4.50. The monoisotopic (exact) mass is 317 g/mol. The van der Waals surface area contributed by atoms with E-state index in [2.05, 4.69) is 5.32 Å². The van der Waals surface area contributed by atoms with Gasteiger partial charge in [-0.2, -0.15) is 0 Å². The second-order valence-electron chi connectivity index (χ2n) is 6.05. The zero-order valence-corrected chi connectivity index (χ0v) is 13.3. The number of carbonyl (C=O) groups excluding carboxylic acids is 1. The smallest absolute Gasteiger partial charge is 0.226 e. The molecule has 1 N–H and O–H groups in total. The molecule has 2 nitrogen and oxygen atoms in total. The van der Waals surface area contributed by atoms with E-state index >= 15 is 0 Å². The van der Waals surface area contributed by atoms with Gasteiger partial charge in [-0.1, -0.05) is 31.0 Å². The minimum atomic E-state index is -0.324. The van der Waals surface area contributed by atoms with Crippen LogP contribution in [0, 0.1) is 11.2 Å². The maximum absolute atomic E-state index is 13.1. The summed E-state index contributed by atoms with van der Waals surface area (Å²) < 4.78 is 13.1. The maximum Gasteiger partial charge on any atom is 0.226 e. The van der Waals surface area contributed by atoms with E-state index in [4.69, 9.17) is 0 Å². The van der Waals surface area contributed by atoms with Gasteiger partial charge in [-0.25, -0.2) is 4.39 Å². The molecule has 1 heterocycles. The van der Waals surface area contributed by atoms with Crippen molar-refractivity contribution in [2.75, 3.05) is 0 Å². The molecule has 1 aromatic heterocycles. The van der Waals surface area contributed by atoms with Crippen LogP contribution >= 0.6 is 11.3 Å². The van der Waals surface area contributed by atoms with Crippen LogP contribution in [0.2, 0.25) is 0 Å². The summed E-state index contributed by atoms with van der Waals surface area (Å²) in [5.41, 5.74) is 0.712. The summed E-state index contributed by atoms with van der Waals surface area (Å²) in [6, 6.07) is 10.6. The zero-order chi connectivity index (χ0) is 15.4. The Morgan fingerprint density at radius 3 is 2.55 bits per heavy atom. The fourth-order valence-corrected chi connectivity index (χ4v) is 3.94. The molecular formula is C18H20FNOS. The van der Waals surface area contributed by atoms with Crippen LogP contribution in [0.15, 0.2) is 41.8 Å². The van der Waals surface area contributed by atoms with E-state index in [0.717, 1.165) is 31.2 Å². The van der Waals surface area contributed by atoms with Gasteiger partial charge < -0.3 is 5.32 Å². The Hall–Kier alpha value is -1.68. The van der Waals surface area contributed by atoms with Gasteiger partial charge in [0, 0.05) is 4.88 Å². The van der Waals surface area contributed by atoms with E-state index < -0.39 is 0 Å². The van der Waals surface area contributed by atoms with Gasteiger partial charge in [0.05, 0.1) is 12.0 Å². The highest BCUT2D eigenvalue weighted by Crippen LogP contribution is 2.41. The molecule has 116 valence electrons. The normalized spacial score (nSPS) is 16.6. The second kappa shape index (κ2) is 6.61. The Bertz CT molecular complexity index is 615. The van der Waals surface area contributed by atoms with E-state index in [1.165, 1.54) is 17.0 Å². The molecule has 1 aliphatic carbocycles. The second-order valence-corrected chi connectivity index (χ2v) is 7.08. The summed E-state index contributed by atoms with van der Waals surface area (Å²) in [4.78, 5) is 13.9. The van der Waals surface area contributed by atoms with Crippen molar-refractivity contribution in [1.82, 2.24) is 5.32 Å². The molecule has 1 fully saturated rings. The van der Waals surface area contributed by atoms with Crippen molar-refractivity contribution in [3.63, 3.8) is 0 Å². The van der Waals surface area contributed by atoms with Crippen LogP contribution in [0.5, 0.6) is 0 Å². The summed E-state index contributed by atoms with van der Waals surface area (Å²) in [6.45, 7) is 0.599. The first-order chi connectivity index (χ1) is 10.7. The van der Waals surface area contributed by atoms with Crippen molar-refractivity contribution < 1.29 is 9.18 Å². The van der Waals surface area contributed by atoms with Crippen LogP contribution in [0.25, 0.3) is 0 Å². The van der Waals surface area contributed by atoms with Gasteiger partial charge in [0.25, 0.3) is 0 Å². The van der Waals surface area contributed by atoms with Crippen LogP contribution in [0.3, 0.4) is 0 Å². The average molecular weight is 317 g/mol. The van der Waals surface area contributed by atoms with E-state index in [1.54, 1.807) is 23.5 Å². The molecule has 0 spiro atoms. The van der Waals surface area contributed by atoms with Crippen molar-refractivity contribution >= 4 is 17.2 Å².